The first-order valence-corrected chi connectivity index (χ1v) is 9.05. The van der Waals surface area contributed by atoms with Crippen LogP contribution in [0.1, 0.15) is 52.6 Å². The third-order valence-corrected chi connectivity index (χ3v) is 4.99. The summed E-state index contributed by atoms with van der Waals surface area (Å²) in [5.74, 6) is 0.641. The maximum atomic E-state index is 12.3. The largest absolute Gasteiger partial charge is 0.444 e. The molecule has 5 heteroatoms. The van der Waals surface area contributed by atoms with Crippen molar-refractivity contribution in [1.29, 1.82) is 0 Å². The second-order valence-electron chi connectivity index (χ2n) is 8.86. The van der Waals surface area contributed by atoms with E-state index in [1.165, 1.54) is 5.56 Å². The van der Waals surface area contributed by atoms with E-state index in [2.05, 4.69) is 42.2 Å². The van der Waals surface area contributed by atoms with Gasteiger partial charge in [0.05, 0.1) is 0 Å². The first-order chi connectivity index (χ1) is 11.2. The summed E-state index contributed by atoms with van der Waals surface area (Å²) >= 11 is 0. The van der Waals surface area contributed by atoms with Crippen molar-refractivity contribution in [3.8, 4) is 0 Å². The Bertz CT molecular complexity index is 602. The molecule has 134 valence electrons. The van der Waals surface area contributed by atoms with E-state index in [9.17, 15) is 4.79 Å². The van der Waals surface area contributed by atoms with Gasteiger partial charge in [-0.05, 0) is 44.7 Å². The van der Waals surface area contributed by atoms with E-state index in [0.717, 1.165) is 32.6 Å². The van der Waals surface area contributed by atoms with Crippen molar-refractivity contribution >= 4 is 6.09 Å². The van der Waals surface area contributed by atoms with Crippen LogP contribution in [0, 0.1) is 11.3 Å². The van der Waals surface area contributed by atoms with Gasteiger partial charge in [0.2, 0.25) is 0 Å². The molecule has 2 saturated heterocycles. The number of carbonyl (C=O) groups is 1. The summed E-state index contributed by atoms with van der Waals surface area (Å²) < 4.78 is 7.81. The first-order valence-electron chi connectivity index (χ1n) is 9.05. The van der Waals surface area contributed by atoms with Crippen LogP contribution in [0.5, 0.6) is 0 Å². The standard InChI is InChI=1S/C19H31N3O2/c1-14(2)10-21-8-6-15(11-21)16-19(12-20-16)7-9-22(13-19)17(23)24-18(3,4)5/h6,8,11,14,16,20H,7,9-10,12-13H2,1-5H3/t16-,19+/m1/s1. The van der Waals surface area contributed by atoms with E-state index in [1.54, 1.807) is 0 Å². The van der Waals surface area contributed by atoms with Crippen LogP contribution in [0.3, 0.4) is 0 Å². The maximum Gasteiger partial charge on any atom is 0.410 e. The van der Waals surface area contributed by atoms with Gasteiger partial charge in [0.25, 0.3) is 0 Å². The average molecular weight is 333 g/mol. The zero-order valence-electron chi connectivity index (χ0n) is 15.6. The van der Waals surface area contributed by atoms with Crippen LogP contribution in [0.15, 0.2) is 18.5 Å². The van der Waals surface area contributed by atoms with Gasteiger partial charge in [-0.2, -0.15) is 0 Å². The fraction of sp³-hybridized carbons (Fsp3) is 0.737. The molecule has 3 heterocycles. The Kier molecular flexibility index (Phi) is 4.41. The predicted octanol–water partition coefficient (Wildman–Crippen LogP) is 3.42. The third-order valence-electron chi connectivity index (χ3n) is 4.99. The zero-order valence-corrected chi connectivity index (χ0v) is 15.6. The lowest BCUT2D eigenvalue weighted by molar-refractivity contribution is 0.0216. The molecule has 2 fully saturated rings. The van der Waals surface area contributed by atoms with Gasteiger partial charge in [-0.1, -0.05) is 13.8 Å². The lowest BCUT2D eigenvalue weighted by Gasteiger charge is -2.48. The van der Waals surface area contributed by atoms with Crippen LogP contribution >= 0.6 is 0 Å². The summed E-state index contributed by atoms with van der Waals surface area (Å²) in [4.78, 5) is 14.2. The van der Waals surface area contributed by atoms with Crippen LogP contribution in [0.25, 0.3) is 0 Å². The monoisotopic (exact) mass is 333 g/mol. The number of hydrogen-bond donors (Lipinski definition) is 1. The topological polar surface area (TPSA) is 46.5 Å². The fourth-order valence-electron chi connectivity index (χ4n) is 3.89. The van der Waals surface area contributed by atoms with Crippen molar-refractivity contribution in [3.05, 3.63) is 24.0 Å². The highest BCUT2D eigenvalue weighted by Gasteiger charge is 2.52. The molecule has 0 aromatic carbocycles. The van der Waals surface area contributed by atoms with Crippen molar-refractivity contribution in [3.63, 3.8) is 0 Å². The van der Waals surface area contributed by atoms with E-state index < -0.39 is 5.60 Å². The van der Waals surface area contributed by atoms with Gasteiger partial charge < -0.3 is 19.5 Å². The van der Waals surface area contributed by atoms with Crippen LogP contribution < -0.4 is 5.32 Å². The number of amides is 1. The summed E-state index contributed by atoms with van der Waals surface area (Å²) in [5.41, 5.74) is 1.08. The molecule has 0 radical (unpaired) electrons. The molecule has 1 amide bonds. The van der Waals surface area contributed by atoms with Gasteiger partial charge in [-0.25, -0.2) is 4.79 Å². The fourth-order valence-corrected chi connectivity index (χ4v) is 3.89. The number of ether oxygens (including phenoxy) is 1. The molecule has 0 aliphatic carbocycles. The Morgan fingerprint density at radius 1 is 1.46 bits per heavy atom. The second kappa shape index (κ2) is 6.10. The highest BCUT2D eigenvalue weighted by molar-refractivity contribution is 5.68. The molecule has 1 aromatic rings. The summed E-state index contributed by atoms with van der Waals surface area (Å²) in [5, 5.41) is 3.58. The Morgan fingerprint density at radius 2 is 2.21 bits per heavy atom. The molecule has 0 unspecified atom stereocenters. The van der Waals surface area contributed by atoms with E-state index >= 15 is 0 Å². The van der Waals surface area contributed by atoms with Crippen molar-refractivity contribution in [2.45, 2.75) is 59.2 Å². The third kappa shape index (κ3) is 3.46. The molecule has 5 nitrogen and oxygen atoms in total. The molecule has 24 heavy (non-hydrogen) atoms. The van der Waals surface area contributed by atoms with E-state index in [-0.39, 0.29) is 11.5 Å². The minimum atomic E-state index is -0.432. The molecule has 1 spiro atoms. The van der Waals surface area contributed by atoms with Crippen LogP contribution in [0.2, 0.25) is 0 Å². The lowest BCUT2D eigenvalue weighted by Crippen LogP contribution is -2.57. The molecular formula is C19H31N3O2. The van der Waals surface area contributed by atoms with Gasteiger partial charge in [0.15, 0.2) is 0 Å². The Labute approximate surface area is 145 Å². The van der Waals surface area contributed by atoms with Crippen molar-refractivity contribution in [2.24, 2.45) is 11.3 Å². The quantitative estimate of drug-likeness (QED) is 0.922. The number of nitrogens with zero attached hydrogens (tertiary/aromatic N) is 2. The predicted molar refractivity (Wildman–Crippen MR) is 94.9 cm³/mol. The molecule has 2 aliphatic heterocycles. The Morgan fingerprint density at radius 3 is 2.79 bits per heavy atom. The smallest absolute Gasteiger partial charge is 0.410 e. The number of aromatic nitrogens is 1. The van der Waals surface area contributed by atoms with Crippen molar-refractivity contribution in [2.75, 3.05) is 19.6 Å². The molecule has 3 rings (SSSR count). The highest BCUT2D eigenvalue weighted by atomic mass is 16.6. The van der Waals surface area contributed by atoms with Gasteiger partial charge in [-0.3, -0.25) is 0 Å². The molecular weight excluding hydrogens is 302 g/mol. The first kappa shape index (κ1) is 17.3. The number of carbonyl (C=O) groups excluding carboxylic acids is 1. The summed E-state index contributed by atoms with van der Waals surface area (Å²) in [6.45, 7) is 13.8. The Hall–Kier alpha value is -1.49. The van der Waals surface area contributed by atoms with Crippen LogP contribution in [-0.2, 0) is 11.3 Å². The minimum absolute atomic E-state index is 0.168. The summed E-state index contributed by atoms with van der Waals surface area (Å²) in [7, 11) is 0. The second-order valence-corrected chi connectivity index (χ2v) is 8.86. The summed E-state index contributed by atoms with van der Waals surface area (Å²) in [6, 6.07) is 2.57. The molecule has 2 atom stereocenters. The van der Waals surface area contributed by atoms with Gasteiger partial charge >= 0.3 is 6.09 Å². The molecule has 1 aromatic heterocycles. The lowest BCUT2D eigenvalue weighted by atomic mass is 9.70. The number of likely N-dealkylation sites (tertiary alicyclic amines) is 1. The Balaban J connectivity index is 1.65. The molecule has 0 bridgehead atoms. The van der Waals surface area contributed by atoms with Crippen LogP contribution in [0.4, 0.5) is 4.79 Å². The van der Waals surface area contributed by atoms with Gasteiger partial charge in [-0.15, -0.1) is 0 Å². The van der Waals surface area contributed by atoms with Gasteiger partial charge in [0, 0.05) is 50.0 Å². The minimum Gasteiger partial charge on any atom is -0.444 e. The van der Waals surface area contributed by atoms with Crippen LogP contribution in [-0.4, -0.2) is 40.8 Å². The number of nitrogens with one attached hydrogen (secondary N) is 1. The normalized spacial score (nSPS) is 26.9. The molecule has 2 aliphatic rings. The number of rotatable bonds is 3. The van der Waals surface area contributed by atoms with Crippen molar-refractivity contribution < 1.29 is 9.53 Å². The van der Waals surface area contributed by atoms with E-state index in [0.29, 0.717) is 12.0 Å². The maximum absolute atomic E-state index is 12.3. The molecule has 0 saturated carbocycles. The van der Waals surface area contributed by atoms with E-state index in [1.807, 2.05) is 25.7 Å². The van der Waals surface area contributed by atoms with Crippen molar-refractivity contribution in [1.82, 2.24) is 14.8 Å². The number of hydrogen-bond acceptors (Lipinski definition) is 3. The highest BCUT2D eigenvalue weighted by Crippen LogP contribution is 2.48. The van der Waals surface area contributed by atoms with Gasteiger partial charge in [0.1, 0.15) is 5.60 Å². The average Bonchev–Trinajstić information content (AvgIpc) is 3.03. The SMILES string of the molecule is CC(C)Cn1ccc([C@H]2NC[C@]23CCN(C(=O)OC(C)(C)C)C3)c1. The van der Waals surface area contributed by atoms with E-state index in [4.69, 9.17) is 4.74 Å². The summed E-state index contributed by atoms with van der Waals surface area (Å²) in [6.07, 6.45) is 5.29. The zero-order chi connectivity index (χ0) is 17.5. The molecule has 1 N–H and O–H groups in total.